The lowest BCUT2D eigenvalue weighted by Crippen LogP contribution is -2.47. The van der Waals surface area contributed by atoms with Crippen LogP contribution < -0.4 is 5.32 Å². The van der Waals surface area contributed by atoms with Gasteiger partial charge in [0.2, 0.25) is 5.91 Å². The number of ether oxygens (including phenoxy) is 1. The van der Waals surface area contributed by atoms with Gasteiger partial charge in [0.25, 0.3) is 0 Å². The highest BCUT2D eigenvalue weighted by atomic mass is 16.6. The molecular formula is C18H24N6O3. The molecule has 2 N–H and O–H groups in total. The highest BCUT2D eigenvalue weighted by Gasteiger charge is 2.41. The fraction of sp³-hybridized carbons (Fsp3) is 0.500. The molecule has 0 spiro atoms. The van der Waals surface area contributed by atoms with Gasteiger partial charge in [0, 0.05) is 12.5 Å². The topological polar surface area (TPSA) is 113 Å². The fourth-order valence-corrected chi connectivity index (χ4v) is 3.11. The summed E-state index contributed by atoms with van der Waals surface area (Å²) in [6, 6.07) is 9.26. The van der Waals surface area contributed by atoms with Crippen LogP contribution in [0.3, 0.4) is 0 Å². The van der Waals surface area contributed by atoms with E-state index in [1.807, 2.05) is 30.3 Å². The van der Waals surface area contributed by atoms with Crippen molar-refractivity contribution in [1.82, 2.24) is 30.8 Å². The molecule has 2 unspecified atom stereocenters. The predicted octanol–water partition coefficient (Wildman–Crippen LogP) is 1.61. The van der Waals surface area contributed by atoms with Crippen molar-refractivity contribution in [3.63, 3.8) is 0 Å². The average Bonchev–Trinajstić information content (AvgIpc) is 3.29. The summed E-state index contributed by atoms with van der Waals surface area (Å²) in [4.78, 5) is 26.9. The van der Waals surface area contributed by atoms with Gasteiger partial charge in [-0.1, -0.05) is 35.5 Å². The van der Waals surface area contributed by atoms with E-state index in [2.05, 4.69) is 25.9 Å². The van der Waals surface area contributed by atoms with Crippen molar-refractivity contribution in [3.8, 4) is 0 Å². The molecule has 1 saturated heterocycles. The molecule has 1 aromatic carbocycles. The summed E-state index contributed by atoms with van der Waals surface area (Å²) in [6.07, 6.45) is 0.0436. The fourth-order valence-electron chi connectivity index (χ4n) is 3.11. The molecule has 9 nitrogen and oxygen atoms in total. The zero-order valence-electron chi connectivity index (χ0n) is 15.7. The molecule has 9 heteroatoms. The molecule has 0 aliphatic carbocycles. The van der Waals surface area contributed by atoms with Crippen LogP contribution in [0.2, 0.25) is 0 Å². The highest BCUT2D eigenvalue weighted by molar-refractivity contribution is 5.86. The molecular weight excluding hydrogens is 348 g/mol. The third-order valence-corrected chi connectivity index (χ3v) is 4.31. The summed E-state index contributed by atoms with van der Waals surface area (Å²) in [5.41, 5.74) is 0.465. The monoisotopic (exact) mass is 372 g/mol. The minimum atomic E-state index is -0.631. The number of nitrogens with zero attached hydrogens (tertiary/aromatic N) is 4. The summed E-state index contributed by atoms with van der Waals surface area (Å²) in [5, 5.41) is 16.2. The van der Waals surface area contributed by atoms with E-state index in [0.717, 1.165) is 5.56 Å². The number of hydrogen-bond donors (Lipinski definition) is 2. The third kappa shape index (κ3) is 4.81. The van der Waals surface area contributed by atoms with Crippen molar-refractivity contribution in [2.45, 2.75) is 51.3 Å². The van der Waals surface area contributed by atoms with Gasteiger partial charge in [0.1, 0.15) is 11.6 Å². The van der Waals surface area contributed by atoms with E-state index in [9.17, 15) is 9.59 Å². The first-order valence-electron chi connectivity index (χ1n) is 8.88. The zero-order chi connectivity index (χ0) is 19.4. The molecule has 2 atom stereocenters. The van der Waals surface area contributed by atoms with Crippen LogP contribution in [0.15, 0.2) is 30.3 Å². The molecule has 0 bridgehead atoms. The number of benzene rings is 1. The Morgan fingerprint density at radius 3 is 2.67 bits per heavy atom. The number of carbonyl (C=O) groups excluding carboxylic acids is 2. The van der Waals surface area contributed by atoms with E-state index >= 15 is 0 Å². The third-order valence-electron chi connectivity index (χ3n) is 4.31. The summed E-state index contributed by atoms with van der Waals surface area (Å²) in [7, 11) is 0. The number of H-pyrrole nitrogens is 1. The second kappa shape index (κ2) is 7.73. The molecule has 1 fully saturated rings. The van der Waals surface area contributed by atoms with Crippen molar-refractivity contribution >= 4 is 12.0 Å². The quantitative estimate of drug-likeness (QED) is 0.843. The SMILES string of the molecule is CC(C)(C)OC(=O)N1CC(c2ccccc2)CC1C(=O)NCc1nn[nH]n1. The lowest BCUT2D eigenvalue weighted by molar-refractivity contribution is -0.125. The minimum absolute atomic E-state index is 0.0691. The first-order valence-corrected chi connectivity index (χ1v) is 8.88. The first-order chi connectivity index (χ1) is 12.8. The summed E-state index contributed by atoms with van der Waals surface area (Å²) >= 11 is 0. The molecule has 1 aromatic heterocycles. The van der Waals surface area contributed by atoms with E-state index in [1.165, 1.54) is 4.90 Å². The lowest BCUT2D eigenvalue weighted by Gasteiger charge is -2.28. The van der Waals surface area contributed by atoms with Gasteiger partial charge >= 0.3 is 6.09 Å². The van der Waals surface area contributed by atoms with Crippen LogP contribution in [-0.4, -0.2) is 55.7 Å². The van der Waals surface area contributed by atoms with Crippen LogP contribution in [0, 0.1) is 0 Å². The molecule has 1 aliphatic heterocycles. The molecule has 1 aliphatic rings. The van der Waals surface area contributed by atoms with E-state index in [-0.39, 0.29) is 18.4 Å². The smallest absolute Gasteiger partial charge is 0.410 e. The van der Waals surface area contributed by atoms with Crippen molar-refractivity contribution < 1.29 is 14.3 Å². The largest absolute Gasteiger partial charge is 0.444 e. The van der Waals surface area contributed by atoms with Crippen LogP contribution in [-0.2, 0) is 16.1 Å². The van der Waals surface area contributed by atoms with Gasteiger partial charge in [-0.15, -0.1) is 10.2 Å². The Kier molecular flexibility index (Phi) is 5.38. The van der Waals surface area contributed by atoms with Gasteiger partial charge in [-0.2, -0.15) is 5.21 Å². The number of aromatic amines is 1. The van der Waals surface area contributed by atoms with Gasteiger partial charge in [-0.05, 0) is 32.8 Å². The summed E-state index contributed by atoms with van der Waals surface area (Å²) < 4.78 is 5.50. The zero-order valence-corrected chi connectivity index (χ0v) is 15.7. The number of carbonyl (C=O) groups is 2. The number of hydrogen-bond acceptors (Lipinski definition) is 6. The molecule has 27 heavy (non-hydrogen) atoms. The number of nitrogens with one attached hydrogen (secondary N) is 2. The molecule has 2 heterocycles. The lowest BCUT2D eigenvalue weighted by atomic mass is 9.96. The molecule has 3 rings (SSSR count). The number of aromatic nitrogens is 4. The van der Waals surface area contributed by atoms with Gasteiger partial charge < -0.3 is 10.1 Å². The molecule has 2 aromatic rings. The van der Waals surface area contributed by atoms with E-state index in [4.69, 9.17) is 4.74 Å². The number of likely N-dealkylation sites (tertiary alicyclic amines) is 1. The Morgan fingerprint density at radius 2 is 2.04 bits per heavy atom. The second-order valence-electron chi connectivity index (χ2n) is 7.54. The highest BCUT2D eigenvalue weighted by Crippen LogP contribution is 2.33. The van der Waals surface area contributed by atoms with Crippen LogP contribution >= 0.6 is 0 Å². The summed E-state index contributed by atoms with van der Waals surface area (Å²) in [5.74, 6) is 0.188. The molecule has 144 valence electrons. The standard InChI is InChI=1S/C18H24N6O3/c1-18(2,3)27-17(26)24-11-13(12-7-5-4-6-8-12)9-14(24)16(25)19-10-15-20-22-23-21-15/h4-8,13-14H,9-11H2,1-3H3,(H,19,25)(H,20,21,22,23). The van der Waals surface area contributed by atoms with Crippen LogP contribution in [0.4, 0.5) is 4.79 Å². The number of tetrazole rings is 1. The Labute approximate surface area is 157 Å². The van der Waals surface area contributed by atoms with Gasteiger partial charge in [-0.3, -0.25) is 9.69 Å². The number of amides is 2. The Balaban J connectivity index is 1.74. The predicted molar refractivity (Wildman–Crippen MR) is 96.6 cm³/mol. The summed E-state index contributed by atoms with van der Waals surface area (Å²) in [6.45, 7) is 5.99. The maximum Gasteiger partial charge on any atom is 0.410 e. The van der Waals surface area contributed by atoms with Crippen molar-refractivity contribution in [1.29, 1.82) is 0 Å². The van der Waals surface area contributed by atoms with Crippen molar-refractivity contribution in [3.05, 3.63) is 41.7 Å². The molecule has 2 amide bonds. The second-order valence-corrected chi connectivity index (χ2v) is 7.54. The van der Waals surface area contributed by atoms with Crippen LogP contribution in [0.25, 0.3) is 0 Å². The van der Waals surface area contributed by atoms with E-state index in [0.29, 0.717) is 18.8 Å². The molecule has 0 saturated carbocycles. The first kappa shape index (κ1) is 18.8. The maximum atomic E-state index is 12.8. The molecule has 0 radical (unpaired) electrons. The van der Waals surface area contributed by atoms with E-state index in [1.54, 1.807) is 20.8 Å². The Hall–Kier alpha value is -2.97. The normalized spacial score (nSPS) is 19.7. The van der Waals surface area contributed by atoms with Gasteiger partial charge in [0.15, 0.2) is 5.82 Å². The number of rotatable bonds is 4. The Morgan fingerprint density at radius 1 is 1.30 bits per heavy atom. The van der Waals surface area contributed by atoms with E-state index < -0.39 is 17.7 Å². The van der Waals surface area contributed by atoms with Crippen LogP contribution in [0.1, 0.15) is 44.5 Å². The Bertz CT molecular complexity index is 772. The average molecular weight is 372 g/mol. The van der Waals surface area contributed by atoms with Gasteiger partial charge in [-0.25, -0.2) is 4.79 Å². The minimum Gasteiger partial charge on any atom is -0.444 e. The van der Waals surface area contributed by atoms with Crippen molar-refractivity contribution in [2.24, 2.45) is 0 Å². The maximum absolute atomic E-state index is 12.8. The van der Waals surface area contributed by atoms with Crippen LogP contribution in [0.5, 0.6) is 0 Å². The van der Waals surface area contributed by atoms with Gasteiger partial charge in [0.05, 0.1) is 6.54 Å². The van der Waals surface area contributed by atoms with Crippen molar-refractivity contribution in [2.75, 3.05) is 6.54 Å².